The van der Waals surface area contributed by atoms with E-state index in [2.05, 4.69) is 54.1 Å². The molecule has 1 atom stereocenters. The monoisotopic (exact) mass is 276 g/mol. The van der Waals surface area contributed by atoms with Gasteiger partial charge in [-0.05, 0) is 32.0 Å². The predicted molar refractivity (Wildman–Crippen MR) is 85.1 cm³/mol. The first-order chi connectivity index (χ1) is 9.56. The fourth-order valence-electron chi connectivity index (χ4n) is 2.90. The molecule has 0 spiro atoms. The van der Waals surface area contributed by atoms with Crippen LogP contribution in [0.3, 0.4) is 0 Å². The van der Waals surface area contributed by atoms with E-state index in [-0.39, 0.29) is 0 Å². The summed E-state index contributed by atoms with van der Waals surface area (Å²) in [6, 6.07) is 2.63. The third-order valence-corrected chi connectivity index (χ3v) is 4.01. The van der Waals surface area contributed by atoms with E-state index < -0.39 is 0 Å². The van der Waals surface area contributed by atoms with Crippen molar-refractivity contribution in [3.8, 4) is 0 Å². The molecule has 4 nitrogen and oxygen atoms in total. The lowest BCUT2D eigenvalue weighted by atomic mass is 10.1. The summed E-state index contributed by atoms with van der Waals surface area (Å²) in [6.45, 7) is 8.81. The summed E-state index contributed by atoms with van der Waals surface area (Å²) < 4.78 is 0. The second-order valence-electron chi connectivity index (χ2n) is 6.34. The second kappa shape index (κ2) is 7.04. The lowest BCUT2D eigenvalue weighted by molar-refractivity contribution is 0.396. The number of hydrogen-bond donors (Lipinski definition) is 1. The van der Waals surface area contributed by atoms with Crippen molar-refractivity contribution in [2.75, 3.05) is 38.6 Å². The summed E-state index contributed by atoms with van der Waals surface area (Å²) >= 11 is 0. The molecule has 0 saturated carbocycles. The number of nitrogens with zero attached hydrogens (tertiary/aromatic N) is 3. The molecule has 1 aromatic rings. The summed E-state index contributed by atoms with van der Waals surface area (Å²) in [5.41, 5.74) is 2.60. The molecule has 1 fully saturated rings. The molecule has 0 aliphatic carbocycles. The lowest BCUT2D eigenvalue weighted by Crippen LogP contribution is -2.29. The normalized spacial score (nSPS) is 19.8. The van der Waals surface area contributed by atoms with Crippen LogP contribution in [0.5, 0.6) is 0 Å². The third kappa shape index (κ3) is 4.18. The molecule has 2 heterocycles. The van der Waals surface area contributed by atoms with Crippen LogP contribution in [0.25, 0.3) is 0 Å². The highest BCUT2D eigenvalue weighted by atomic mass is 15.2. The Bertz CT molecular complexity index is 419. The van der Waals surface area contributed by atoms with Crippen molar-refractivity contribution in [3.63, 3.8) is 0 Å². The van der Waals surface area contributed by atoms with Gasteiger partial charge in [0.05, 0.1) is 0 Å². The Morgan fingerprint density at radius 2 is 2.30 bits per heavy atom. The zero-order valence-electron chi connectivity index (χ0n) is 13.3. The van der Waals surface area contributed by atoms with Crippen LogP contribution in [0.4, 0.5) is 5.69 Å². The summed E-state index contributed by atoms with van der Waals surface area (Å²) in [4.78, 5) is 9.09. The van der Waals surface area contributed by atoms with Gasteiger partial charge < -0.3 is 15.1 Å². The van der Waals surface area contributed by atoms with Gasteiger partial charge in [-0.15, -0.1) is 0 Å². The minimum Gasteiger partial charge on any atom is -0.374 e. The van der Waals surface area contributed by atoms with E-state index in [1.165, 1.54) is 30.8 Å². The molecule has 4 heteroatoms. The van der Waals surface area contributed by atoms with Gasteiger partial charge in [-0.25, -0.2) is 0 Å². The Kier molecular flexibility index (Phi) is 5.38. The number of anilines is 1. The van der Waals surface area contributed by atoms with Crippen LogP contribution in [0.15, 0.2) is 18.5 Å². The maximum atomic E-state index is 4.27. The standard InChI is InChI=1S/C16H28N4/c1-13(2)18-10-15-9-17-7-5-16(15)20(4)12-14-6-8-19(3)11-14/h5,7,9,13-14,18H,6,8,10-12H2,1-4H3. The Morgan fingerprint density at radius 1 is 1.50 bits per heavy atom. The summed E-state index contributed by atoms with van der Waals surface area (Å²) in [7, 11) is 4.41. The highest BCUT2D eigenvalue weighted by molar-refractivity contribution is 5.51. The van der Waals surface area contributed by atoms with E-state index in [1.54, 1.807) is 0 Å². The minimum atomic E-state index is 0.497. The van der Waals surface area contributed by atoms with Crippen molar-refractivity contribution < 1.29 is 0 Å². The molecular weight excluding hydrogens is 248 g/mol. The summed E-state index contributed by atoms with van der Waals surface area (Å²) in [5.74, 6) is 0.782. The van der Waals surface area contributed by atoms with E-state index in [0.717, 1.165) is 19.0 Å². The van der Waals surface area contributed by atoms with Gasteiger partial charge in [-0.2, -0.15) is 0 Å². The topological polar surface area (TPSA) is 31.4 Å². The van der Waals surface area contributed by atoms with E-state index in [1.807, 2.05) is 12.4 Å². The Labute approximate surface area is 123 Å². The molecule has 1 saturated heterocycles. The van der Waals surface area contributed by atoms with E-state index in [0.29, 0.717) is 6.04 Å². The number of nitrogens with one attached hydrogen (secondary N) is 1. The number of rotatable bonds is 6. The van der Waals surface area contributed by atoms with Gasteiger partial charge in [0.2, 0.25) is 0 Å². The van der Waals surface area contributed by atoms with Crippen molar-refractivity contribution >= 4 is 5.69 Å². The van der Waals surface area contributed by atoms with Crippen LogP contribution < -0.4 is 10.2 Å². The van der Waals surface area contributed by atoms with E-state index >= 15 is 0 Å². The van der Waals surface area contributed by atoms with Gasteiger partial charge >= 0.3 is 0 Å². The SMILES string of the molecule is CC(C)NCc1cnccc1N(C)CC1CCN(C)C1. The van der Waals surface area contributed by atoms with Gasteiger partial charge in [0.1, 0.15) is 0 Å². The van der Waals surface area contributed by atoms with Crippen LogP contribution in [0.2, 0.25) is 0 Å². The molecule has 1 unspecified atom stereocenters. The van der Waals surface area contributed by atoms with Gasteiger partial charge in [-0.1, -0.05) is 13.8 Å². The molecule has 1 aromatic heterocycles. The molecule has 1 aliphatic rings. The summed E-state index contributed by atoms with van der Waals surface area (Å²) in [6.07, 6.45) is 5.19. The van der Waals surface area contributed by atoms with Gasteiger partial charge in [0.25, 0.3) is 0 Å². The van der Waals surface area contributed by atoms with Crippen molar-refractivity contribution in [2.24, 2.45) is 5.92 Å². The number of pyridine rings is 1. The quantitative estimate of drug-likeness (QED) is 0.861. The zero-order chi connectivity index (χ0) is 14.5. The average Bonchev–Trinajstić information content (AvgIpc) is 2.82. The molecule has 112 valence electrons. The molecule has 0 amide bonds. The van der Waals surface area contributed by atoms with Crippen molar-refractivity contribution in [2.45, 2.75) is 32.9 Å². The highest BCUT2D eigenvalue weighted by Crippen LogP contribution is 2.22. The lowest BCUT2D eigenvalue weighted by Gasteiger charge is -2.25. The molecule has 0 aromatic carbocycles. The second-order valence-corrected chi connectivity index (χ2v) is 6.34. The van der Waals surface area contributed by atoms with Gasteiger partial charge in [0, 0.05) is 56.4 Å². The highest BCUT2D eigenvalue weighted by Gasteiger charge is 2.21. The molecule has 20 heavy (non-hydrogen) atoms. The first kappa shape index (κ1) is 15.3. The fourth-order valence-corrected chi connectivity index (χ4v) is 2.90. The Balaban J connectivity index is 1.99. The van der Waals surface area contributed by atoms with Crippen LogP contribution in [-0.4, -0.2) is 49.7 Å². The minimum absolute atomic E-state index is 0.497. The Morgan fingerprint density at radius 3 is 2.95 bits per heavy atom. The fraction of sp³-hybridized carbons (Fsp3) is 0.688. The van der Waals surface area contributed by atoms with Crippen LogP contribution in [0.1, 0.15) is 25.8 Å². The molecule has 2 rings (SSSR count). The average molecular weight is 276 g/mol. The first-order valence-corrected chi connectivity index (χ1v) is 7.62. The van der Waals surface area contributed by atoms with Crippen LogP contribution in [0, 0.1) is 5.92 Å². The number of hydrogen-bond acceptors (Lipinski definition) is 4. The maximum absolute atomic E-state index is 4.27. The van der Waals surface area contributed by atoms with E-state index in [9.17, 15) is 0 Å². The van der Waals surface area contributed by atoms with Crippen molar-refractivity contribution in [1.82, 2.24) is 15.2 Å². The largest absolute Gasteiger partial charge is 0.374 e. The third-order valence-electron chi connectivity index (χ3n) is 4.01. The van der Waals surface area contributed by atoms with Crippen molar-refractivity contribution in [3.05, 3.63) is 24.0 Å². The van der Waals surface area contributed by atoms with Gasteiger partial charge in [0.15, 0.2) is 0 Å². The first-order valence-electron chi connectivity index (χ1n) is 7.62. The van der Waals surface area contributed by atoms with Crippen molar-refractivity contribution in [1.29, 1.82) is 0 Å². The molecule has 1 N–H and O–H groups in total. The molecule has 1 aliphatic heterocycles. The van der Waals surface area contributed by atoms with E-state index in [4.69, 9.17) is 0 Å². The number of likely N-dealkylation sites (tertiary alicyclic amines) is 1. The molecule has 0 bridgehead atoms. The zero-order valence-corrected chi connectivity index (χ0v) is 13.3. The van der Waals surface area contributed by atoms with Crippen LogP contribution in [-0.2, 0) is 6.54 Å². The maximum Gasteiger partial charge on any atom is 0.0440 e. The predicted octanol–water partition coefficient (Wildman–Crippen LogP) is 1.97. The van der Waals surface area contributed by atoms with Crippen LogP contribution >= 0.6 is 0 Å². The number of aromatic nitrogens is 1. The smallest absolute Gasteiger partial charge is 0.0440 e. The Hall–Kier alpha value is -1.13. The molecule has 0 radical (unpaired) electrons. The summed E-state index contributed by atoms with van der Waals surface area (Å²) in [5, 5.41) is 3.48. The molecular formula is C16H28N4. The van der Waals surface area contributed by atoms with Gasteiger partial charge in [-0.3, -0.25) is 4.98 Å².